The maximum atomic E-state index is 12.5. The molecule has 0 unspecified atom stereocenters. The van der Waals surface area contributed by atoms with Gasteiger partial charge in [0.05, 0.1) is 4.90 Å². The molecule has 0 bridgehead atoms. The molecule has 1 heterocycles. The number of sulfonamides is 1. The van der Waals surface area contributed by atoms with Crippen LogP contribution in [0.25, 0.3) is 10.4 Å². The van der Waals surface area contributed by atoms with E-state index in [9.17, 15) is 8.42 Å². The summed E-state index contributed by atoms with van der Waals surface area (Å²) in [5, 5.41) is 3.50. The van der Waals surface area contributed by atoms with E-state index in [2.05, 4.69) is 10.0 Å². The monoisotopic (exact) mass is 280 g/mol. The van der Waals surface area contributed by atoms with Gasteiger partial charge in [0.25, 0.3) is 0 Å². The van der Waals surface area contributed by atoms with Gasteiger partial charge in [-0.3, -0.25) is 0 Å². The third kappa shape index (κ3) is 2.89. The Labute approximate surface area is 112 Å². The first kappa shape index (κ1) is 13.9. The first-order valence-corrected chi connectivity index (χ1v) is 7.59. The van der Waals surface area contributed by atoms with Crippen molar-refractivity contribution in [2.75, 3.05) is 13.1 Å². The van der Waals surface area contributed by atoms with Crippen molar-refractivity contribution < 1.29 is 8.42 Å². The number of hydrogen-bond acceptors (Lipinski definition) is 3. The Kier molecular flexibility index (Phi) is 4.09. The zero-order valence-corrected chi connectivity index (χ0v) is 11.5. The molecular formula is C12H16N4O2S. The molecule has 0 saturated carbocycles. The molecule has 1 aliphatic rings. The number of azide groups is 1. The van der Waals surface area contributed by atoms with Gasteiger partial charge in [-0.2, -0.15) is 4.31 Å². The van der Waals surface area contributed by atoms with Gasteiger partial charge in [-0.15, -0.1) is 0 Å². The summed E-state index contributed by atoms with van der Waals surface area (Å²) in [6.45, 7) is 2.60. The highest BCUT2D eigenvalue weighted by atomic mass is 32.2. The molecule has 1 atom stereocenters. The van der Waals surface area contributed by atoms with E-state index in [0.29, 0.717) is 11.4 Å². The summed E-state index contributed by atoms with van der Waals surface area (Å²) in [7, 11) is -3.49. The quantitative estimate of drug-likeness (QED) is 0.482. The van der Waals surface area contributed by atoms with E-state index in [1.165, 1.54) is 4.31 Å². The van der Waals surface area contributed by atoms with Crippen molar-refractivity contribution in [3.63, 3.8) is 0 Å². The van der Waals surface area contributed by atoms with Crippen LogP contribution in [0, 0.1) is 6.92 Å². The lowest BCUT2D eigenvalue weighted by Crippen LogP contribution is -2.37. The topological polar surface area (TPSA) is 86.1 Å². The summed E-state index contributed by atoms with van der Waals surface area (Å²) in [4.78, 5) is 3.00. The van der Waals surface area contributed by atoms with Crippen molar-refractivity contribution in [3.8, 4) is 0 Å². The van der Waals surface area contributed by atoms with Gasteiger partial charge in [0.15, 0.2) is 0 Å². The number of nitrogens with zero attached hydrogens (tertiary/aromatic N) is 4. The zero-order chi connectivity index (χ0) is 13.9. The Morgan fingerprint density at radius 1 is 1.42 bits per heavy atom. The third-order valence-electron chi connectivity index (χ3n) is 3.31. The van der Waals surface area contributed by atoms with Gasteiger partial charge in [-0.05, 0) is 37.4 Å². The SMILES string of the molecule is Cc1ccc(S(=O)(=O)N2CCC[C@H]2CN=[N+]=[N-])cc1. The normalized spacial score (nSPS) is 20.2. The van der Waals surface area contributed by atoms with E-state index in [1.807, 2.05) is 6.92 Å². The molecular weight excluding hydrogens is 264 g/mol. The smallest absolute Gasteiger partial charge is 0.207 e. The minimum Gasteiger partial charge on any atom is -0.207 e. The highest BCUT2D eigenvalue weighted by Gasteiger charge is 2.34. The van der Waals surface area contributed by atoms with E-state index in [4.69, 9.17) is 5.53 Å². The third-order valence-corrected chi connectivity index (χ3v) is 5.27. The van der Waals surface area contributed by atoms with E-state index in [0.717, 1.165) is 18.4 Å². The van der Waals surface area contributed by atoms with Crippen LogP contribution < -0.4 is 0 Å². The molecule has 19 heavy (non-hydrogen) atoms. The molecule has 1 fully saturated rings. The molecule has 0 amide bonds. The van der Waals surface area contributed by atoms with Crippen LogP contribution in [0.2, 0.25) is 0 Å². The van der Waals surface area contributed by atoms with Gasteiger partial charge in [0, 0.05) is 24.0 Å². The molecule has 1 saturated heterocycles. The summed E-state index contributed by atoms with van der Waals surface area (Å²) < 4.78 is 26.5. The minimum absolute atomic E-state index is 0.196. The number of hydrogen-bond donors (Lipinski definition) is 0. The lowest BCUT2D eigenvalue weighted by Gasteiger charge is -2.22. The zero-order valence-electron chi connectivity index (χ0n) is 10.7. The lowest BCUT2D eigenvalue weighted by atomic mass is 10.2. The second-order valence-corrected chi connectivity index (χ2v) is 6.53. The Morgan fingerprint density at radius 2 is 2.11 bits per heavy atom. The highest BCUT2D eigenvalue weighted by molar-refractivity contribution is 7.89. The molecule has 0 aromatic heterocycles. The fraction of sp³-hybridized carbons (Fsp3) is 0.500. The van der Waals surface area contributed by atoms with Crippen LogP contribution in [-0.2, 0) is 10.0 Å². The van der Waals surface area contributed by atoms with Crippen LogP contribution in [0.3, 0.4) is 0 Å². The van der Waals surface area contributed by atoms with Crippen molar-refractivity contribution in [2.45, 2.75) is 30.7 Å². The summed E-state index contributed by atoms with van der Waals surface area (Å²) >= 11 is 0. The standard InChI is InChI=1S/C12H16N4O2S/c1-10-4-6-12(7-5-10)19(17,18)16-8-2-3-11(16)9-14-15-13/h4-7,11H,2-3,8-9H2,1H3/t11-/m0/s1. The average Bonchev–Trinajstić information content (AvgIpc) is 2.86. The summed E-state index contributed by atoms with van der Waals surface area (Å²) in [6, 6.07) is 6.58. The number of aryl methyl sites for hydroxylation is 1. The van der Waals surface area contributed by atoms with E-state index < -0.39 is 10.0 Å². The van der Waals surface area contributed by atoms with Gasteiger partial charge in [-0.25, -0.2) is 8.42 Å². The van der Waals surface area contributed by atoms with Crippen molar-refractivity contribution in [3.05, 3.63) is 40.3 Å². The molecule has 1 aliphatic heterocycles. The second-order valence-electron chi connectivity index (χ2n) is 4.64. The van der Waals surface area contributed by atoms with Crippen LogP contribution in [0.4, 0.5) is 0 Å². The molecule has 1 aromatic carbocycles. The van der Waals surface area contributed by atoms with Crippen molar-refractivity contribution in [1.29, 1.82) is 0 Å². The number of benzene rings is 1. The summed E-state index contributed by atoms with van der Waals surface area (Å²) in [5.41, 5.74) is 9.37. The predicted octanol–water partition coefficient (Wildman–Crippen LogP) is 2.46. The van der Waals surface area contributed by atoms with Crippen LogP contribution in [0.1, 0.15) is 18.4 Å². The fourth-order valence-corrected chi connectivity index (χ4v) is 3.97. The predicted molar refractivity (Wildman–Crippen MR) is 72.1 cm³/mol. The van der Waals surface area contributed by atoms with Gasteiger partial charge >= 0.3 is 0 Å². The van der Waals surface area contributed by atoms with Gasteiger partial charge in [-0.1, -0.05) is 22.8 Å². The molecule has 7 heteroatoms. The molecule has 0 aliphatic carbocycles. The van der Waals surface area contributed by atoms with Crippen LogP contribution in [-0.4, -0.2) is 31.9 Å². The van der Waals surface area contributed by atoms with Crippen LogP contribution in [0.5, 0.6) is 0 Å². The average molecular weight is 280 g/mol. The molecule has 102 valence electrons. The lowest BCUT2D eigenvalue weighted by molar-refractivity contribution is 0.393. The Morgan fingerprint density at radius 3 is 2.74 bits per heavy atom. The molecule has 0 spiro atoms. The van der Waals surface area contributed by atoms with Crippen molar-refractivity contribution >= 4 is 10.0 Å². The molecule has 6 nitrogen and oxygen atoms in total. The van der Waals surface area contributed by atoms with E-state index in [-0.39, 0.29) is 12.6 Å². The van der Waals surface area contributed by atoms with Gasteiger partial charge < -0.3 is 0 Å². The van der Waals surface area contributed by atoms with Crippen molar-refractivity contribution in [1.82, 2.24) is 4.31 Å². The van der Waals surface area contributed by atoms with Crippen LogP contribution >= 0.6 is 0 Å². The maximum absolute atomic E-state index is 12.5. The summed E-state index contributed by atoms with van der Waals surface area (Å²) in [6.07, 6.45) is 1.54. The molecule has 0 N–H and O–H groups in total. The highest BCUT2D eigenvalue weighted by Crippen LogP contribution is 2.26. The molecule has 2 rings (SSSR count). The Hall–Kier alpha value is -1.56. The van der Waals surface area contributed by atoms with Gasteiger partial charge in [0.1, 0.15) is 0 Å². The largest absolute Gasteiger partial charge is 0.243 e. The van der Waals surface area contributed by atoms with E-state index >= 15 is 0 Å². The Balaban J connectivity index is 2.28. The Bertz CT molecular complexity index is 591. The van der Waals surface area contributed by atoms with Crippen molar-refractivity contribution in [2.24, 2.45) is 5.11 Å². The minimum atomic E-state index is -3.49. The molecule has 0 radical (unpaired) electrons. The second kappa shape index (κ2) is 5.61. The fourth-order valence-electron chi connectivity index (χ4n) is 2.28. The molecule has 1 aromatic rings. The van der Waals surface area contributed by atoms with Gasteiger partial charge in [0.2, 0.25) is 10.0 Å². The van der Waals surface area contributed by atoms with E-state index in [1.54, 1.807) is 24.3 Å². The summed E-state index contributed by atoms with van der Waals surface area (Å²) in [5.74, 6) is 0. The first-order chi connectivity index (χ1) is 9.05. The first-order valence-electron chi connectivity index (χ1n) is 6.15. The maximum Gasteiger partial charge on any atom is 0.243 e. The number of rotatable bonds is 4. The van der Waals surface area contributed by atoms with Crippen LogP contribution in [0.15, 0.2) is 34.3 Å².